The number of amides is 2. The smallest absolute Gasteiger partial charge is 0.305 e. The fraction of sp³-hybridized carbons (Fsp3) is 0.303. The Morgan fingerprint density at radius 3 is 2.52 bits per heavy atom. The van der Waals surface area contributed by atoms with E-state index in [0.717, 1.165) is 37.7 Å². The Morgan fingerprint density at radius 2 is 1.74 bits per heavy atom. The summed E-state index contributed by atoms with van der Waals surface area (Å²) >= 11 is 6.65. The van der Waals surface area contributed by atoms with E-state index in [1.807, 2.05) is 48.5 Å². The number of hydrogen-bond donors (Lipinski definition) is 1. The molecule has 212 valence electrons. The Kier molecular flexibility index (Phi) is 6.28. The molecule has 3 heterocycles. The number of thiazole rings is 1. The average Bonchev–Trinajstić information content (AvgIpc) is 3.71. The molecule has 8 rings (SSSR count). The molecule has 4 aliphatic rings. The van der Waals surface area contributed by atoms with E-state index >= 15 is 0 Å². The van der Waals surface area contributed by atoms with Crippen LogP contribution in [0.15, 0.2) is 87.1 Å². The minimum atomic E-state index is -0.340. The van der Waals surface area contributed by atoms with Crippen LogP contribution in [-0.2, 0) is 16.2 Å². The van der Waals surface area contributed by atoms with E-state index in [4.69, 9.17) is 4.74 Å². The van der Waals surface area contributed by atoms with Crippen LogP contribution in [0.4, 0.5) is 5.69 Å². The molecule has 2 aliphatic heterocycles. The van der Waals surface area contributed by atoms with Gasteiger partial charge in [-0.3, -0.25) is 19.3 Å². The van der Waals surface area contributed by atoms with Crippen molar-refractivity contribution in [3.63, 3.8) is 0 Å². The SMILES string of the molecule is Cc1cccc(COc2ccc(Br)cc2C2c3sc(=O)[nH]c3SC3C2[C@H]2C[C@@H]3C3C(=O)N(c4ccccc4)C(=O)C32)c1. The number of thioether (sulfide) groups is 1. The number of imide groups is 1. The molecule has 2 saturated carbocycles. The van der Waals surface area contributed by atoms with Gasteiger partial charge in [-0.05, 0) is 67.0 Å². The molecular weight excluding hydrogens is 632 g/mol. The second kappa shape index (κ2) is 9.96. The lowest BCUT2D eigenvalue weighted by atomic mass is 9.68. The Labute approximate surface area is 259 Å². The minimum absolute atomic E-state index is 0.0432. The Balaban J connectivity index is 1.21. The van der Waals surface area contributed by atoms with E-state index in [-0.39, 0.29) is 57.4 Å². The number of benzene rings is 3. The highest BCUT2D eigenvalue weighted by Gasteiger charge is 2.69. The van der Waals surface area contributed by atoms with Gasteiger partial charge in [0.15, 0.2) is 0 Å². The van der Waals surface area contributed by atoms with Crippen LogP contribution in [0.3, 0.4) is 0 Å². The van der Waals surface area contributed by atoms with E-state index in [0.29, 0.717) is 12.3 Å². The van der Waals surface area contributed by atoms with Gasteiger partial charge >= 0.3 is 4.87 Å². The maximum absolute atomic E-state index is 14.0. The number of H-pyrrole nitrogens is 1. The van der Waals surface area contributed by atoms with E-state index < -0.39 is 0 Å². The minimum Gasteiger partial charge on any atom is -0.489 e. The van der Waals surface area contributed by atoms with Crippen LogP contribution < -0.4 is 14.5 Å². The molecule has 0 spiro atoms. The molecule has 2 bridgehead atoms. The lowest BCUT2D eigenvalue weighted by Gasteiger charge is -2.43. The number of fused-ring (bicyclic) bond motifs is 9. The standard InChI is InChI=1S/C33H27BrN2O4S2/c1-16-6-5-7-17(12-16)15-40-23-11-10-18(34)13-20(23)24-25-21-14-22(28(25)41-30-29(24)42-33(39)35-30)27-26(21)31(37)36(32(27)38)19-8-3-2-4-9-19/h2-13,21-22,24-28H,14-15H2,1H3,(H,35,39)/t21-,22-,24?,25?,26?,27?,28?/m1/s1. The van der Waals surface area contributed by atoms with Gasteiger partial charge in [-0.2, -0.15) is 0 Å². The normalized spacial score (nSPS) is 29.0. The lowest BCUT2D eigenvalue weighted by molar-refractivity contribution is -0.123. The van der Waals surface area contributed by atoms with Crippen LogP contribution in [0.2, 0.25) is 0 Å². The summed E-state index contributed by atoms with van der Waals surface area (Å²) < 4.78 is 7.43. The van der Waals surface area contributed by atoms with Crippen LogP contribution in [0, 0.1) is 36.5 Å². The number of aromatic amines is 1. The van der Waals surface area contributed by atoms with E-state index in [1.54, 1.807) is 11.8 Å². The zero-order chi connectivity index (χ0) is 28.7. The molecule has 3 aromatic carbocycles. The van der Waals surface area contributed by atoms with Crippen molar-refractivity contribution < 1.29 is 14.3 Å². The van der Waals surface area contributed by atoms with Gasteiger partial charge < -0.3 is 9.72 Å². The van der Waals surface area contributed by atoms with Crippen molar-refractivity contribution in [1.82, 2.24) is 4.98 Å². The van der Waals surface area contributed by atoms with Crippen LogP contribution >= 0.6 is 39.0 Å². The number of nitrogens with zero attached hydrogens (tertiary/aromatic N) is 1. The molecule has 0 radical (unpaired) electrons. The number of aryl methyl sites for hydroxylation is 1. The highest BCUT2D eigenvalue weighted by Crippen LogP contribution is 2.69. The fourth-order valence-corrected chi connectivity index (χ4v) is 11.3. The molecule has 1 aromatic heterocycles. The van der Waals surface area contributed by atoms with Gasteiger partial charge in [0, 0.05) is 26.1 Å². The largest absolute Gasteiger partial charge is 0.489 e. The maximum Gasteiger partial charge on any atom is 0.305 e. The second-order valence-electron chi connectivity index (χ2n) is 11.8. The molecule has 2 aliphatic carbocycles. The van der Waals surface area contributed by atoms with Crippen LogP contribution in [-0.4, -0.2) is 22.0 Å². The first-order valence-corrected chi connectivity index (χ1v) is 16.7. The Hall–Kier alpha value is -3.14. The molecule has 3 fully saturated rings. The lowest BCUT2D eigenvalue weighted by Crippen LogP contribution is -2.42. The predicted molar refractivity (Wildman–Crippen MR) is 167 cm³/mol. The average molecular weight is 660 g/mol. The molecule has 4 aromatic rings. The number of carbonyl (C=O) groups excluding carboxylic acids is 2. The second-order valence-corrected chi connectivity index (χ2v) is 14.9. The third kappa shape index (κ3) is 4.00. The number of halogens is 1. The van der Waals surface area contributed by atoms with Gasteiger partial charge in [-0.25, -0.2) is 0 Å². The van der Waals surface area contributed by atoms with Crippen LogP contribution in [0.5, 0.6) is 5.75 Å². The first-order chi connectivity index (χ1) is 20.4. The predicted octanol–water partition coefficient (Wildman–Crippen LogP) is 6.76. The van der Waals surface area contributed by atoms with Gasteiger partial charge in [-0.1, -0.05) is 75.3 Å². The summed E-state index contributed by atoms with van der Waals surface area (Å²) in [6.07, 6.45) is 0.848. The molecule has 9 heteroatoms. The van der Waals surface area contributed by atoms with Crippen molar-refractivity contribution in [1.29, 1.82) is 0 Å². The van der Waals surface area contributed by atoms with Gasteiger partial charge in [-0.15, -0.1) is 11.8 Å². The Bertz CT molecular complexity index is 1800. The van der Waals surface area contributed by atoms with Gasteiger partial charge in [0.1, 0.15) is 12.4 Å². The first-order valence-electron chi connectivity index (χ1n) is 14.2. The van der Waals surface area contributed by atoms with Gasteiger partial charge in [0.05, 0.1) is 22.5 Å². The molecule has 5 unspecified atom stereocenters. The van der Waals surface area contributed by atoms with Crippen LogP contribution in [0.25, 0.3) is 0 Å². The third-order valence-corrected chi connectivity index (χ3v) is 12.6. The van der Waals surface area contributed by atoms with Gasteiger partial charge in [0.25, 0.3) is 0 Å². The van der Waals surface area contributed by atoms with Crippen molar-refractivity contribution >= 4 is 56.5 Å². The molecule has 42 heavy (non-hydrogen) atoms. The van der Waals surface area contributed by atoms with Crippen molar-refractivity contribution in [2.75, 3.05) is 4.90 Å². The summed E-state index contributed by atoms with van der Waals surface area (Å²) in [6.45, 7) is 2.50. The molecule has 1 N–H and O–H groups in total. The van der Waals surface area contributed by atoms with Crippen molar-refractivity contribution in [2.45, 2.75) is 36.1 Å². The van der Waals surface area contributed by atoms with E-state index in [1.165, 1.54) is 21.8 Å². The number of rotatable bonds is 5. The number of para-hydroxylation sites is 1. The maximum atomic E-state index is 14.0. The summed E-state index contributed by atoms with van der Waals surface area (Å²) in [7, 11) is 0. The Morgan fingerprint density at radius 1 is 0.952 bits per heavy atom. The molecule has 2 amide bonds. The monoisotopic (exact) mass is 658 g/mol. The topological polar surface area (TPSA) is 79.5 Å². The quantitative estimate of drug-likeness (QED) is 0.240. The van der Waals surface area contributed by atoms with Gasteiger partial charge in [0.2, 0.25) is 11.8 Å². The first kappa shape index (κ1) is 26.5. The molecular formula is C33H27BrN2O4S2. The summed E-state index contributed by atoms with van der Waals surface area (Å²) in [5, 5.41) is 1.01. The molecule has 6 nitrogen and oxygen atoms in total. The van der Waals surface area contributed by atoms with Crippen molar-refractivity contribution in [2.24, 2.45) is 29.6 Å². The highest BCUT2D eigenvalue weighted by atomic mass is 79.9. The summed E-state index contributed by atoms with van der Waals surface area (Å²) in [5.74, 6) is 0.0632. The zero-order valence-corrected chi connectivity index (χ0v) is 25.9. The fourth-order valence-electron chi connectivity index (χ4n) is 8.05. The highest BCUT2D eigenvalue weighted by molar-refractivity contribution is 9.10. The number of nitrogens with one attached hydrogen (secondary N) is 1. The molecule has 7 atom stereocenters. The summed E-state index contributed by atoms with van der Waals surface area (Å²) in [6, 6.07) is 23.7. The van der Waals surface area contributed by atoms with Crippen LogP contribution in [0.1, 0.15) is 33.9 Å². The number of hydrogen-bond acceptors (Lipinski definition) is 6. The summed E-state index contributed by atoms with van der Waals surface area (Å²) in [4.78, 5) is 46.0. The van der Waals surface area contributed by atoms with E-state index in [9.17, 15) is 14.4 Å². The zero-order valence-electron chi connectivity index (χ0n) is 22.7. The number of aromatic nitrogens is 1. The summed E-state index contributed by atoms with van der Waals surface area (Å²) in [5.41, 5.74) is 3.94. The molecule has 1 saturated heterocycles. The number of carbonyl (C=O) groups is 2. The third-order valence-electron chi connectivity index (χ3n) is 9.52. The van der Waals surface area contributed by atoms with E-state index in [2.05, 4.69) is 52.1 Å². The number of ether oxygens (including phenoxy) is 1. The van der Waals surface area contributed by atoms with Crippen molar-refractivity contribution in [3.05, 3.63) is 109 Å². The number of anilines is 1. The van der Waals surface area contributed by atoms with Crippen molar-refractivity contribution in [3.8, 4) is 5.75 Å².